The third-order valence-corrected chi connectivity index (χ3v) is 4.37. The zero-order valence-electron chi connectivity index (χ0n) is 16.1. The van der Waals surface area contributed by atoms with Gasteiger partial charge in [0.25, 0.3) is 5.91 Å². The van der Waals surface area contributed by atoms with Crippen molar-refractivity contribution in [1.29, 1.82) is 0 Å². The molecule has 2 aromatic carbocycles. The van der Waals surface area contributed by atoms with E-state index in [1.165, 1.54) is 19.2 Å². The fraction of sp³-hybridized carbons (Fsp3) is 0.316. The van der Waals surface area contributed by atoms with Crippen molar-refractivity contribution in [1.82, 2.24) is 5.32 Å². The normalized spacial score (nSPS) is 9.89. The van der Waals surface area contributed by atoms with Gasteiger partial charge in [0.1, 0.15) is 23.0 Å². The van der Waals surface area contributed by atoms with Crippen LogP contribution < -0.4 is 30.0 Å². The first-order valence-electron chi connectivity index (χ1n) is 8.15. The minimum atomic E-state index is -0.319. The van der Waals surface area contributed by atoms with Gasteiger partial charge in [0.2, 0.25) is 0 Å². The Morgan fingerprint density at radius 3 is 2.04 bits per heavy atom. The predicted octanol–water partition coefficient (Wildman–Crippen LogP) is 3.35. The molecule has 0 aliphatic carbocycles. The summed E-state index contributed by atoms with van der Waals surface area (Å²) in [5, 5.41) is 3.13. The lowest BCUT2D eigenvalue weighted by molar-refractivity contribution is 0.0951. The van der Waals surface area contributed by atoms with Crippen molar-refractivity contribution in [2.45, 2.75) is 6.42 Å². The van der Waals surface area contributed by atoms with Crippen LogP contribution in [0, 0.1) is 0 Å². The van der Waals surface area contributed by atoms with Crippen LogP contribution in [0.3, 0.4) is 0 Å². The van der Waals surface area contributed by atoms with Gasteiger partial charge in [0.05, 0.1) is 44.7 Å². The fourth-order valence-electron chi connectivity index (χ4n) is 2.64. The number of halogens is 2. The smallest absolute Gasteiger partial charge is 0.255 e. The number of amides is 1. The Kier molecular flexibility index (Phi) is 9.02. The number of anilines is 1. The predicted molar refractivity (Wildman–Crippen MR) is 112 cm³/mol. The lowest BCUT2D eigenvalue weighted by atomic mass is 10.1. The highest BCUT2D eigenvalue weighted by Crippen LogP contribution is 2.34. The second-order valence-electron chi connectivity index (χ2n) is 5.59. The molecular formula is C19H24Cl2N2O5. The molecule has 0 saturated carbocycles. The van der Waals surface area contributed by atoms with Crippen LogP contribution in [0.4, 0.5) is 5.69 Å². The second-order valence-corrected chi connectivity index (χ2v) is 6.00. The first-order chi connectivity index (χ1) is 12.9. The van der Waals surface area contributed by atoms with E-state index in [0.717, 1.165) is 5.56 Å². The summed E-state index contributed by atoms with van der Waals surface area (Å²) in [7, 11) is 6.17. The van der Waals surface area contributed by atoms with Crippen molar-refractivity contribution in [3.63, 3.8) is 0 Å². The van der Waals surface area contributed by atoms with Gasteiger partial charge in [-0.1, -0.05) is 11.6 Å². The van der Waals surface area contributed by atoms with E-state index in [1.54, 1.807) is 33.5 Å². The van der Waals surface area contributed by atoms with Gasteiger partial charge in [0.15, 0.2) is 0 Å². The number of nitrogens with two attached hydrogens (primary N) is 1. The number of nitrogens with one attached hydrogen (secondary N) is 1. The summed E-state index contributed by atoms with van der Waals surface area (Å²) >= 11 is 6.02. The first-order valence-corrected chi connectivity index (χ1v) is 8.53. The molecule has 0 aromatic heterocycles. The fourth-order valence-corrected chi connectivity index (χ4v) is 2.80. The molecule has 0 radical (unpaired) electrons. The Labute approximate surface area is 175 Å². The van der Waals surface area contributed by atoms with Gasteiger partial charge in [-0.05, 0) is 12.5 Å². The number of benzene rings is 2. The molecule has 2 rings (SSSR count). The molecule has 2 aromatic rings. The van der Waals surface area contributed by atoms with E-state index < -0.39 is 0 Å². The molecule has 0 fully saturated rings. The Balaban J connectivity index is 0.00000392. The Morgan fingerprint density at radius 1 is 0.964 bits per heavy atom. The third kappa shape index (κ3) is 5.27. The topological polar surface area (TPSA) is 92.0 Å². The highest BCUT2D eigenvalue weighted by Gasteiger charge is 2.17. The maximum absolute atomic E-state index is 12.5. The number of carbonyl (C=O) groups is 1. The van der Waals surface area contributed by atoms with Crippen LogP contribution in [0.5, 0.6) is 23.0 Å². The molecule has 0 saturated heterocycles. The van der Waals surface area contributed by atoms with Gasteiger partial charge in [0, 0.05) is 30.3 Å². The van der Waals surface area contributed by atoms with E-state index in [2.05, 4.69) is 5.32 Å². The summed E-state index contributed by atoms with van der Waals surface area (Å²) in [5.74, 6) is 1.90. The molecule has 0 spiro atoms. The van der Waals surface area contributed by atoms with Crippen LogP contribution in [0.15, 0.2) is 24.3 Å². The Morgan fingerprint density at radius 2 is 1.54 bits per heavy atom. The van der Waals surface area contributed by atoms with Crippen molar-refractivity contribution >= 4 is 35.6 Å². The zero-order chi connectivity index (χ0) is 20.0. The van der Waals surface area contributed by atoms with E-state index in [9.17, 15) is 4.79 Å². The summed E-state index contributed by atoms with van der Waals surface area (Å²) in [6.45, 7) is 0.350. The SMILES string of the molecule is COc1cc(OC)c(CCNC(=O)c2cc(Cl)c(N)cc2OC)c(OC)c1.Cl. The van der Waals surface area contributed by atoms with Gasteiger partial charge in [-0.2, -0.15) is 0 Å². The van der Waals surface area contributed by atoms with Crippen LogP contribution in [0.2, 0.25) is 5.02 Å². The van der Waals surface area contributed by atoms with E-state index in [4.69, 9.17) is 36.3 Å². The van der Waals surface area contributed by atoms with Crippen molar-refractivity contribution in [2.24, 2.45) is 0 Å². The summed E-state index contributed by atoms with van der Waals surface area (Å²) in [6, 6.07) is 6.54. The van der Waals surface area contributed by atoms with Gasteiger partial charge >= 0.3 is 0 Å². The van der Waals surface area contributed by atoms with Crippen molar-refractivity contribution < 1.29 is 23.7 Å². The van der Waals surface area contributed by atoms with Gasteiger partial charge in [-0.15, -0.1) is 12.4 Å². The maximum Gasteiger partial charge on any atom is 0.255 e. The summed E-state index contributed by atoms with van der Waals surface area (Å²) in [4.78, 5) is 12.5. The summed E-state index contributed by atoms with van der Waals surface area (Å²) in [6.07, 6.45) is 0.493. The highest BCUT2D eigenvalue weighted by atomic mass is 35.5. The molecule has 154 valence electrons. The molecule has 28 heavy (non-hydrogen) atoms. The number of ether oxygens (including phenoxy) is 4. The third-order valence-electron chi connectivity index (χ3n) is 4.04. The molecular weight excluding hydrogens is 407 g/mol. The number of nitrogen functional groups attached to an aromatic ring is 1. The number of methoxy groups -OCH3 is 4. The van der Waals surface area contributed by atoms with Gasteiger partial charge in [-0.25, -0.2) is 0 Å². The molecule has 0 bridgehead atoms. The van der Waals surface area contributed by atoms with Gasteiger partial charge < -0.3 is 30.0 Å². The van der Waals surface area contributed by atoms with Crippen molar-refractivity contribution in [2.75, 3.05) is 40.7 Å². The van der Waals surface area contributed by atoms with Crippen LogP contribution >= 0.6 is 24.0 Å². The average molecular weight is 431 g/mol. The van der Waals surface area contributed by atoms with E-state index in [0.29, 0.717) is 52.2 Å². The van der Waals surface area contributed by atoms with Crippen LogP contribution in [0.25, 0.3) is 0 Å². The molecule has 7 nitrogen and oxygen atoms in total. The van der Waals surface area contributed by atoms with Gasteiger partial charge in [-0.3, -0.25) is 4.79 Å². The summed E-state index contributed by atoms with van der Waals surface area (Å²) in [5.41, 5.74) is 7.23. The van der Waals surface area contributed by atoms with E-state index in [1.807, 2.05) is 0 Å². The number of hydrogen-bond donors (Lipinski definition) is 2. The Bertz CT molecular complexity index is 805. The standard InChI is InChI=1S/C19H23ClN2O5.ClH/c1-24-11-7-16(25-2)12(17(8-11)26-3)5-6-22-19(23)13-9-14(20)15(21)10-18(13)27-4;/h7-10H,5-6,21H2,1-4H3,(H,22,23);1H. The quantitative estimate of drug-likeness (QED) is 0.623. The minimum absolute atomic E-state index is 0. The molecule has 1 amide bonds. The number of rotatable bonds is 8. The maximum atomic E-state index is 12.5. The molecule has 3 N–H and O–H groups in total. The minimum Gasteiger partial charge on any atom is -0.496 e. The van der Waals surface area contributed by atoms with Crippen LogP contribution in [-0.4, -0.2) is 40.9 Å². The monoisotopic (exact) mass is 430 g/mol. The lowest BCUT2D eigenvalue weighted by Crippen LogP contribution is -2.26. The number of carbonyl (C=O) groups excluding carboxylic acids is 1. The molecule has 9 heteroatoms. The molecule has 0 aliphatic heterocycles. The molecule has 0 unspecified atom stereocenters. The first kappa shape index (κ1) is 23.5. The van der Waals surface area contributed by atoms with Crippen molar-refractivity contribution in [3.05, 3.63) is 40.4 Å². The largest absolute Gasteiger partial charge is 0.496 e. The lowest BCUT2D eigenvalue weighted by Gasteiger charge is -2.16. The zero-order valence-corrected chi connectivity index (χ0v) is 17.7. The number of hydrogen-bond acceptors (Lipinski definition) is 6. The second kappa shape index (κ2) is 10.7. The van der Waals surface area contributed by atoms with Crippen molar-refractivity contribution in [3.8, 4) is 23.0 Å². The molecule has 0 atom stereocenters. The van der Waals surface area contributed by atoms with Crippen LogP contribution in [-0.2, 0) is 6.42 Å². The van der Waals surface area contributed by atoms with E-state index >= 15 is 0 Å². The van der Waals surface area contributed by atoms with Crippen LogP contribution in [0.1, 0.15) is 15.9 Å². The molecule has 0 heterocycles. The van der Waals surface area contributed by atoms with E-state index in [-0.39, 0.29) is 18.3 Å². The Hall–Kier alpha value is -2.51. The molecule has 0 aliphatic rings. The average Bonchev–Trinajstić information content (AvgIpc) is 2.69. The summed E-state index contributed by atoms with van der Waals surface area (Å²) < 4.78 is 21.3. The highest BCUT2D eigenvalue weighted by molar-refractivity contribution is 6.33.